The van der Waals surface area contributed by atoms with Crippen molar-refractivity contribution in [3.8, 4) is 0 Å². The molecule has 0 aliphatic carbocycles. The van der Waals surface area contributed by atoms with Gasteiger partial charge in [0.15, 0.2) is 0 Å². The Kier molecular flexibility index (Phi) is 6.42. The normalized spacial score (nSPS) is 13.3. The molecule has 0 bridgehead atoms. The summed E-state index contributed by atoms with van der Waals surface area (Å²) >= 11 is 9.27. The number of nitrogens with zero attached hydrogens (tertiary/aromatic N) is 1. The summed E-state index contributed by atoms with van der Waals surface area (Å²) in [5.74, 6) is 5.88. The summed E-state index contributed by atoms with van der Waals surface area (Å²) in [6.45, 7) is 2.46. The van der Waals surface area contributed by atoms with Crippen LogP contribution in [0.25, 0.3) is 0 Å². The van der Waals surface area contributed by atoms with Gasteiger partial charge in [0.05, 0.1) is 17.7 Å². The van der Waals surface area contributed by atoms with Crippen molar-refractivity contribution >= 4 is 39.2 Å². The number of methoxy groups -OCH3 is 1. The van der Waals surface area contributed by atoms with Crippen LogP contribution in [0.1, 0.15) is 6.92 Å². The molecule has 0 aliphatic rings. The van der Waals surface area contributed by atoms with E-state index in [4.69, 9.17) is 22.2 Å². The van der Waals surface area contributed by atoms with E-state index in [-0.39, 0.29) is 6.04 Å². The van der Waals surface area contributed by atoms with Crippen molar-refractivity contribution in [1.82, 2.24) is 5.43 Å². The van der Waals surface area contributed by atoms with Crippen LogP contribution in [0.5, 0.6) is 0 Å². The van der Waals surface area contributed by atoms with Gasteiger partial charge in [0.2, 0.25) is 5.96 Å². The molecule has 1 aromatic carbocycles. The molecule has 0 radical (unpaired) electrons. The molecular weight excluding hydrogens is 320 g/mol. The minimum Gasteiger partial charge on any atom is -0.382 e. The number of hydrogen-bond donors (Lipinski definition) is 3. The van der Waals surface area contributed by atoms with E-state index >= 15 is 0 Å². The van der Waals surface area contributed by atoms with Crippen molar-refractivity contribution in [1.29, 1.82) is 0 Å². The van der Waals surface area contributed by atoms with Crippen molar-refractivity contribution in [2.45, 2.75) is 13.0 Å². The summed E-state index contributed by atoms with van der Waals surface area (Å²) in [5, 5.41) is 3.70. The van der Waals surface area contributed by atoms with Crippen LogP contribution in [-0.2, 0) is 4.74 Å². The van der Waals surface area contributed by atoms with Crippen molar-refractivity contribution in [2.24, 2.45) is 10.8 Å². The number of nitrogens with one attached hydrogen (secondary N) is 2. The predicted molar refractivity (Wildman–Crippen MR) is 78.9 cm³/mol. The highest BCUT2D eigenvalue weighted by Crippen LogP contribution is 2.25. The van der Waals surface area contributed by atoms with E-state index in [1.54, 1.807) is 13.2 Å². The highest BCUT2D eigenvalue weighted by Gasteiger charge is 2.04. The number of benzene rings is 1. The molecule has 1 atom stereocenters. The molecule has 0 fully saturated rings. The lowest BCUT2D eigenvalue weighted by atomic mass is 10.3. The van der Waals surface area contributed by atoms with Crippen LogP contribution in [0.4, 0.5) is 5.69 Å². The maximum atomic E-state index is 5.91. The molecule has 0 saturated heterocycles. The summed E-state index contributed by atoms with van der Waals surface area (Å²) in [5.41, 5.74) is 3.34. The molecule has 0 amide bonds. The quantitative estimate of drug-likeness (QED) is 0.342. The highest BCUT2D eigenvalue weighted by molar-refractivity contribution is 9.10. The smallest absolute Gasteiger partial charge is 0.210 e. The summed E-state index contributed by atoms with van der Waals surface area (Å²) in [6, 6.07) is 5.46. The first-order valence-corrected chi connectivity index (χ1v) is 6.49. The molecular formula is C11H16BrClN4O. The van der Waals surface area contributed by atoms with Crippen LogP contribution >= 0.6 is 27.5 Å². The molecule has 1 unspecified atom stereocenters. The second-order valence-corrected chi connectivity index (χ2v) is 4.94. The van der Waals surface area contributed by atoms with Crippen LogP contribution in [0.2, 0.25) is 5.02 Å². The molecule has 5 nitrogen and oxygen atoms in total. The zero-order valence-corrected chi connectivity index (χ0v) is 12.5. The van der Waals surface area contributed by atoms with Gasteiger partial charge in [-0.15, -0.1) is 0 Å². The van der Waals surface area contributed by atoms with Gasteiger partial charge in [0.25, 0.3) is 0 Å². The molecule has 0 aromatic heterocycles. The zero-order chi connectivity index (χ0) is 13.5. The number of nitrogens with two attached hydrogens (primary N) is 1. The van der Waals surface area contributed by atoms with Crippen molar-refractivity contribution in [3.63, 3.8) is 0 Å². The Morgan fingerprint density at radius 3 is 2.89 bits per heavy atom. The minimum atomic E-state index is 0.00397. The summed E-state index contributed by atoms with van der Waals surface area (Å²) in [7, 11) is 1.63. The van der Waals surface area contributed by atoms with Crippen LogP contribution in [0.15, 0.2) is 27.7 Å². The largest absolute Gasteiger partial charge is 0.382 e. The first-order chi connectivity index (χ1) is 8.56. The maximum absolute atomic E-state index is 5.91. The lowest BCUT2D eigenvalue weighted by molar-refractivity contribution is 0.185. The fraction of sp³-hybridized carbons (Fsp3) is 0.364. The molecule has 0 saturated carbocycles. The first kappa shape index (κ1) is 15.2. The van der Waals surface area contributed by atoms with E-state index in [1.165, 1.54) is 0 Å². The van der Waals surface area contributed by atoms with Crippen molar-refractivity contribution < 1.29 is 4.74 Å². The third kappa shape index (κ3) is 4.81. The number of halogens is 2. The number of aliphatic imine (C=N–C) groups is 1. The van der Waals surface area contributed by atoms with Crippen LogP contribution < -0.4 is 16.6 Å². The van der Waals surface area contributed by atoms with Gasteiger partial charge >= 0.3 is 0 Å². The second-order valence-electron chi connectivity index (χ2n) is 3.68. The van der Waals surface area contributed by atoms with Crippen LogP contribution in [-0.4, -0.2) is 25.7 Å². The van der Waals surface area contributed by atoms with E-state index in [0.717, 1.165) is 10.2 Å². The number of ether oxygens (including phenoxy) is 1. The summed E-state index contributed by atoms with van der Waals surface area (Å²) in [4.78, 5) is 4.33. The van der Waals surface area contributed by atoms with Gasteiger partial charge in [-0.3, -0.25) is 5.43 Å². The summed E-state index contributed by atoms with van der Waals surface area (Å²) in [6.07, 6.45) is 0. The lowest BCUT2D eigenvalue weighted by Crippen LogP contribution is -2.37. The van der Waals surface area contributed by atoms with Gasteiger partial charge < -0.3 is 10.1 Å². The number of hydrogen-bond acceptors (Lipinski definition) is 3. The van der Waals surface area contributed by atoms with E-state index in [0.29, 0.717) is 17.6 Å². The standard InChI is InChI=1S/C11H16BrClN4O/c1-7(6-18-2)15-11(17-14)16-8-3-4-10(13)9(12)5-8/h3-5,7H,6,14H2,1-2H3,(H2,15,16,17). The molecule has 18 heavy (non-hydrogen) atoms. The maximum Gasteiger partial charge on any atom is 0.210 e. The zero-order valence-electron chi connectivity index (χ0n) is 10.2. The predicted octanol–water partition coefficient (Wildman–Crippen LogP) is 2.37. The average molecular weight is 336 g/mol. The molecule has 1 aromatic rings. The van der Waals surface area contributed by atoms with Gasteiger partial charge in [0.1, 0.15) is 0 Å². The third-order valence-electron chi connectivity index (χ3n) is 2.08. The van der Waals surface area contributed by atoms with Crippen LogP contribution in [0.3, 0.4) is 0 Å². The Morgan fingerprint density at radius 1 is 1.61 bits per heavy atom. The Hall–Kier alpha value is -0.820. The molecule has 7 heteroatoms. The average Bonchev–Trinajstić information content (AvgIpc) is 2.33. The Bertz CT molecular complexity index is 428. The second kappa shape index (κ2) is 7.58. The van der Waals surface area contributed by atoms with Gasteiger partial charge in [-0.05, 0) is 41.1 Å². The van der Waals surface area contributed by atoms with Gasteiger partial charge in [-0.1, -0.05) is 11.6 Å². The summed E-state index contributed by atoms with van der Waals surface area (Å²) < 4.78 is 5.81. The van der Waals surface area contributed by atoms with Crippen molar-refractivity contribution in [3.05, 3.63) is 27.7 Å². The van der Waals surface area contributed by atoms with E-state index in [2.05, 4.69) is 31.7 Å². The fourth-order valence-electron chi connectivity index (χ4n) is 1.32. The highest BCUT2D eigenvalue weighted by atomic mass is 79.9. The first-order valence-electron chi connectivity index (χ1n) is 5.32. The van der Waals surface area contributed by atoms with Gasteiger partial charge in [-0.25, -0.2) is 10.8 Å². The molecule has 0 heterocycles. The number of rotatable bonds is 4. The lowest BCUT2D eigenvalue weighted by Gasteiger charge is -2.12. The molecule has 0 spiro atoms. The van der Waals surface area contributed by atoms with E-state index < -0.39 is 0 Å². The Balaban J connectivity index is 2.76. The Morgan fingerprint density at radius 2 is 2.33 bits per heavy atom. The molecule has 1 rings (SSSR count). The monoisotopic (exact) mass is 334 g/mol. The van der Waals surface area contributed by atoms with E-state index in [1.807, 2.05) is 19.1 Å². The molecule has 0 aliphatic heterocycles. The molecule has 4 N–H and O–H groups in total. The third-order valence-corrected chi connectivity index (χ3v) is 3.29. The van der Waals surface area contributed by atoms with E-state index in [9.17, 15) is 0 Å². The minimum absolute atomic E-state index is 0.00397. The number of guanidine groups is 1. The SMILES string of the molecule is COCC(C)N=C(NN)Nc1ccc(Cl)c(Br)c1. The number of anilines is 1. The number of hydrazine groups is 1. The van der Waals surface area contributed by atoms with Gasteiger partial charge in [0, 0.05) is 17.3 Å². The fourth-order valence-corrected chi connectivity index (χ4v) is 1.81. The molecule has 100 valence electrons. The van der Waals surface area contributed by atoms with Gasteiger partial charge in [-0.2, -0.15) is 0 Å². The van der Waals surface area contributed by atoms with Crippen molar-refractivity contribution in [2.75, 3.05) is 19.0 Å². The Labute approximate surface area is 120 Å². The topological polar surface area (TPSA) is 71.7 Å². The van der Waals surface area contributed by atoms with Crippen LogP contribution in [0, 0.1) is 0 Å².